The summed E-state index contributed by atoms with van der Waals surface area (Å²) < 4.78 is 40.8. The van der Waals surface area contributed by atoms with E-state index in [9.17, 15) is 13.2 Å². The molecule has 1 saturated heterocycles. The molecule has 1 fully saturated rings. The second-order valence-electron chi connectivity index (χ2n) is 4.22. The number of guanidine groups is 1. The lowest BCUT2D eigenvalue weighted by Crippen LogP contribution is -2.49. The molecular weight excluding hydrogens is 273 g/mol. The molecule has 0 unspecified atom stereocenters. The zero-order valence-electron chi connectivity index (χ0n) is 10.7. The van der Waals surface area contributed by atoms with Gasteiger partial charge in [-0.2, -0.15) is 0 Å². The molecule has 0 radical (unpaired) electrons. The molecule has 1 aliphatic rings. The van der Waals surface area contributed by atoms with Crippen LogP contribution in [0.15, 0.2) is 29.3 Å². The molecule has 0 amide bonds. The van der Waals surface area contributed by atoms with Gasteiger partial charge in [-0.3, -0.25) is 0 Å². The standard InChI is InChI=1S/C12H15F3N4O/c13-12(14,15)20-10-4-2-1-3-9(10)18-11(16)19-7-5-17-6-8-19/h1-4,17H,5-8H2,(H2,16,18). The summed E-state index contributed by atoms with van der Waals surface area (Å²) in [6, 6.07) is 5.65. The highest BCUT2D eigenvalue weighted by Gasteiger charge is 2.32. The SMILES string of the molecule is NC(=Nc1ccccc1OC(F)(F)F)N1CCNCC1. The van der Waals surface area contributed by atoms with E-state index in [1.807, 2.05) is 0 Å². The first-order valence-corrected chi connectivity index (χ1v) is 6.10. The van der Waals surface area contributed by atoms with Gasteiger partial charge in [-0.25, -0.2) is 4.99 Å². The third-order valence-electron chi connectivity index (χ3n) is 2.77. The van der Waals surface area contributed by atoms with Crippen molar-refractivity contribution in [2.45, 2.75) is 6.36 Å². The Morgan fingerprint density at radius 3 is 2.55 bits per heavy atom. The molecule has 0 spiro atoms. The Morgan fingerprint density at radius 1 is 1.25 bits per heavy atom. The van der Waals surface area contributed by atoms with Gasteiger partial charge in [-0.1, -0.05) is 12.1 Å². The molecule has 1 heterocycles. The fraction of sp³-hybridized carbons (Fsp3) is 0.417. The van der Waals surface area contributed by atoms with Crippen LogP contribution >= 0.6 is 0 Å². The molecule has 1 aliphatic heterocycles. The van der Waals surface area contributed by atoms with Gasteiger partial charge in [-0.15, -0.1) is 13.2 Å². The number of hydrogen-bond donors (Lipinski definition) is 2. The Balaban J connectivity index is 2.19. The lowest BCUT2D eigenvalue weighted by Gasteiger charge is -2.28. The van der Waals surface area contributed by atoms with Crippen LogP contribution in [0.4, 0.5) is 18.9 Å². The average molecular weight is 288 g/mol. The van der Waals surface area contributed by atoms with Gasteiger partial charge < -0.3 is 20.7 Å². The molecule has 0 aromatic heterocycles. The van der Waals surface area contributed by atoms with E-state index in [1.54, 1.807) is 11.0 Å². The van der Waals surface area contributed by atoms with Crippen LogP contribution in [0.2, 0.25) is 0 Å². The molecule has 0 atom stereocenters. The fourth-order valence-corrected chi connectivity index (χ4v) is 1.85. The van der Waals surface area contributed by atoms with Gasteiger partial charge in [0.2, 0.25) is 0 Å². The first kappa shape index (κ1) is 14.4. The molecule has 0 aliphatic carbocycles. The molecule has 20 heavy (non-hydrogen) atoms. The normalized spacial score (nSPS) is 17.1. The number of ether oxygens (including phenoxy) is 1. The number of rotatable bonds is 2. The maximum atomic E-state index is 12.3. The lowest BCUT2D eigenvalue weighted by molar-refractivity contribution is -0.274. The number of aliphatic imine (C=N–C) groups is 1. The fourth-order valence-electron chi connectivity index (χ4n) is 1.85. The van der Waals surface area contributed by atoms with E-state index in [4.69, 9.17) is 5.73 Å². The second kappa shape index (κ2) is 6.00. The van der Waals surface area contributed by atoms with Crippen molar-refractivity contribution in [3.8, 4) is 5.75 Å². The molecule has 2 rings (SSSR count). The van der Waals surface area contributed by atoms with Crippen molar-refractivity contribution in [3.05, 3.63) is 24.3 Å². The number of alkyl halides is 3. The minimum Gasteiger partial charge on any atom is -0.403 e. The summed E-state index contributed by atoms with van der Waals surface area (Å²) in [5.41, 5.74) is 5.88. The maximum absolute atomic E-state index is 12.3. The topological polar surface area (TPSA) is 62.9 Å². The quantitative estimate of drug-likeness (QED) is 0.638. The van der Waals surface area contributed by atoms with Crippen LogP contribution in [0.1, 0.15) is 0 Å². The molecule has 5 nitrogen and oxygen atoms in total. The van der Waals surface area contributed by atoms with E-state index < -0.39 is 6.36 Å². The molecule has 0 saturated carbocycles. The summed E-state index contributed by atoms with van der Waals surface area (Å²) in [6.45, 7) is 2.85. The van der Waals surface area contributed by atoms with Crippen molar-refractivity contribution in [2.24, 2.45) is 10.7 Å². The molecule has 110 valence electrons. The molecule has 0 bridgehead atoms. The summed E-state index contributed by atoms with van der Waals surface area (Å²) in [6.07, 6.45) is -4.75. The number of para-hydroxylation sites is 2. The van der Waals surface area contributed by atoms with Crippen molar-refractivity contribution in [3.63, 3.8) is 0 Å². The largest absolute Gasteiger partial charge is 0.573 e. The highest BCUT2D eigenvalue weighted by molar-refractivity contribution is 5.82. The van der Waals surface area contributed by atoms with Gasteiger partial charge in [0.1, 0.15) is 5.69 Å². The van der Waals surface area contributed by atoms with Crippen LogP contribution in [-0.4, -0.2) is 43.4 Å². The number of nitrogens with two attached hydrogens (primary N) is 1. The van der Waals surface area contributed by atoms with E-state index in [-0.39, 0.29) is 17.4 Å². The molecular formula is C12H15F3N4O. The third-order valence-corrected chi connectivity index (χ3v) is 2.77. The van der Waals surface area contributed by atoms with Gasteiger partial charge >= 0.3 is 6.36 Å². The Kier molecular flexibility index (Phi) is 4.33. The van der Waals surface area contributed by atoms with Crippen LogP contribution in [-0.2, 0) is 0 Å². The smallest absolute Gasteiger partial charge is 0.403 e. The first-order chi connectivity index (χ1) is 9.46. The predicted molar refractivity (Wildman–Crippen MR) is 68.9 cm³/mol. The van der Waals surface area contributed by atoms with E-state index in [1.165, 1.54) is 18.2 Å². The first-order valence-electron chi connectivity index (χ1n) is 6.10. The number of nitrogens with one attached hydrogen (secondary N) is 1. The minimum absolute atomic E-state index is 0.0563. The summed E-state index contributed by atoms with van der Waals surface area (Å²) >= 11 is 0. The molecule has 1 aromatic rings. The molecule has 1 aromatic carbocycles. The second-order valence-corrected chi connectivity index (χ2v) is 4.22. The van der Waals surface area contributed by atoms with Crippen LogP contribution in [0.25, 0.3) is 0 Å². The number of halogens is 3. The van der Waals surface area contributed by atoms with Crippen LogP contribution in [0.3, 0.4) is 0 Å². The molecule has 8 heteroatoms. The van der Waals surface area contributed by atoms with Crippen LogP contribution in [0, 0.1) is 0 Å². The van der Waals surface area contributed by atoms with Crippen LogP contribution in [0.5, 0.6) is 5.75 Å². The van der Waals surface area contributed by atoms with Crippen molar-refractivity contribution in [2.75, 3.05) is 26.2 Å². The van der Waals surface area contributed by atoms with Gasteiger partial charge in [0.05, 0.1) is 0 Å². The minimum atomic E-state index is -4.75. The zero-order valence-corrected chi connectivity index (χ0v) is 10.7. The van der Waals surface area contributed by atoms with Crippen molar-refractivity contribution >= 4 is 11.6 Å². The van der Waals surface area contributed by atoms with Crippen molar-refractivity contribution < 1.29 is 17.9 Å². The predicted octanol–water partition coefficient (Wildman–Crippen LogP) is 1.44. The summed E-state index contributed by atoms with van der Waals surface area (Å²) in [7, 11) is 0. The number of benzene rings is 1. The van der Waals surface area contributed by atoms with Crippen molar-refractivity contribution in [1.29, 1.82) is 0 Å². The zero-order chi connectivity index (χ0) is 14.6. The maximum Gasteiger partial charge on any atom is 0.573 e. The Labute approximate surface area is 114 Å². The van der Waals surface area contributed by atoms with Crippen LogP contribution < -0.4 is 15.8 Å². The summed E-state index contributed by atoms with van der Waals surface area (Å²) in [5, 5.41) is 3.15. The Bertz CT molecular complexity index is 484. The lowest BCUT2D eigenvalue weighted by atomic mass is 10.3. The van der Waals surface area contributed by atoms with Gasteiger partial charge in [-0.05, 0) is 12.1 Å². The van der Waals surface area contributed by atoms with E-state index in [2.05, 4.69) is 15.0 Å². The summed E-state index contributed by atoms with van der Waals surface area (Å²) in [4.78, 5) is 5.84. The van der Waals surface area contributed by atoms with Gasteiger partial charge in [0.25, 0.3) is 0 Å². The average Bonchev–Trinajstić information content (AvgIpc) is 2.40. The van der Waals surface area contributed by atoms with E-state index >= 15 is 0 Å². The van der Waals surface area contributed by atoms with Gasteiger partial charge in [0, 0.05) is 26.2 Å². The Morgan fingerprint density at radius 2 is 1.90 bits per heavy atom. The molecule has 3 N–H and O–H groups in total. The monoisotopic (exact) mass is 288 g/mol. The highest BCUT2D eigenvalue weighted by atomic mass is 19.4. The van der Waals surface area contributed by atoms with E-state index in [0.717, 1.165) is 13.1 Å². The van der Waals surface area contributed by atoms with Gasteiger partial charge in [0.15, 0.2) is 11.7 Å². The number of nitrogens with zero attached hydrogens (tertiary/aromatic N) is 2. The van der Waals surface area contributed by atoms with E-state index in [0.29, 0.717) is 13.1 Å². The summed E-state index contributed by atoms with van der Waals surface area (Å²) in [5.74, 6) is -0.178. The third kappa shape index (κ3) is 4.02. The number of piperazine rings is 1. The van der Waals surface area contributed by atoms with Crippen molar-refractivity contribution in [1.82, 2.24) is 10.2 Å². The Hall–Kier alpha value is -1.96. The number of hydrogen-bond acceptors (Lipinski definition) is 3. The highest BCUT2D eigenvalue weighted by Crippen LogP contribution is 2.32.